The van der Waals surface area contributed by atoms with Crippen molar-refractivity contribution in [3.8, 4) is 0 Å². The monoisotopic (exact) mass is 876 g/mol. The molecule has 0 spiro atoms. The van der Waals surface area contributed by atoms with Gasteiger partial charge in [-0.25, -0.2) is 0 Å². The average Bonchev–Trinajstić information content (AvgIpc) is 3.14. The van der Waals surface area contributed by atoms with Crippen LogP contribution in [0.3, 0.4) is 0 Å². The van der Waals surface area contributed by atoms with E-state index in [1.54, 1.807) is 200 Å². The van der Waals surface area contributed by atoms with E-state index in [9.17, 15) is 0 Å². The molecule has 294 valence electrons. The fourth-order valence-corrected chi connectivity index (χ4v) is 27.1. The first-order valence-electron chi connectivity index (χ1n) is 22.1. The molecule has 0 atom stereocenters. The Morgan fingerprint density at radius 1 is 0.480 bits per heavy atom. The van der Waals surface area contributed by atoms with Crippen LogP contribution in [0.4, 0.5) is 0 Å². The van der Waals surface area contributed by atoms with E-state index in [-0.39, 0.29) is 15.8 Å². The molecule has 0 aromatic carbocycles. The predicted molar refractivity (Wildman–Crippen MR) is 233 cm³/mol. The fraction of sp³-hybridized carbons (Fsp3) is 0.953. The first kappa shape index (κ1) is 44.6. The number of ether oxygens (including phenoxy) is 1. The molecule has 0 amide bonds. The van der Waals surface area contributed by atoms with Gasteiger partial charge in [0.25, 0.3) is 0 Å². The van der Waals surface area contributed by atoms with E-state index in [4.69, 9.17) is 24.1 Å². The molecular formula is C43H82Cl2OP2RuSi+2. The maximum atomic E-state index is 5.76. The Hall–Kier alpha value is 1.89. The van der Waals surface area contributed by atoms with Crippen molar-refractivity contribution in [3.05, 3.63) is 5.20 Å². The van der Waals surface area contributed by atoms with Crippen LogP contribution >= 0.6 is 35.2 Å². The van der Waals surface area contributed by atoms with Crippen molar-refractivity contribution in [2.24, 2.45) is 0 Å². The zero-order valence-corrected chi connectivity index (χ0v) is 39.7. The Morgan fingerprint density at radius 3 is 0.860 bits per heavy atom. The summed E-state index contributed by atoms with van der Waals surface area (Å²) in [6.45, 7) is 7.33. The van der Waals surface area contributed by atoms with Gasteiger partial charge in [-0.05, 0) is 154 Å². The van der Waals surface area contributed by atoms with E-state index in [2.05, 4.69) is 23.9 Å². The number of rotatable bonds is 9. The average molecular weight is 877 g/mol. The van der Waals surface area contributed by atoms with E-state index < -0.39 is 21.6 Å². The van der Waals surface area contributed by atoms with Crippen molar-refractivity contribution < 1.29 is 18.3 Å². The van der Waals surface area contributed by atoms with Crippen LogP contribution in [0.1, 0.15) is 193 Å². The van der Waals surface area contributed by atoms with Crippen LogP contribution in [0.2, 0.25) is 19.6 Å². The van der Waals surface area contributed by atoms with Crippen molar-refractivity contribution in [3.63, 3.8) is 0 Å². The first-order valence-corrected chi connectivity index (χ1v) is 34.4. The van der Waals surface area contributed by atoms with Gasteiger partial charge >= 0.3 is 88.5 Å². The second kappa shape index (κ2) is 25.2. The predicted octanol–water partition coefficient (Wildman–Crippen LogP) is 15.2. The molecule has 6 fully saturated rings. The molecule has 0 N–H and O–H groups in total. The minimum absolute atomic E-state index is 0.0465. The molecule has 0 radical (unpaired) electrons. The molecule has 1 nitrogen and oxygen atoms in total. The van der Waals surface area contributed by atoms with E-state index in [0.29, 0.717) is 6.61 Å². The molecule has 50 heavy (non-hydrogen) atoms. The quantitative estimate of drug-likeness (QED) is 0.166. The first-order chi connectivity index (χ1) is 24.3. The van der Waals surface area contributed by atoms with Gasteiger partial charge in [0.1, 0.15) is 0 Å². The summed E-state index contributed by atoms with van der Waals surface area (Å²) < 4.78 is 8.22. The normalized spacial score (nSPS) is 24.9. The Balaban J connectivity index is 0.000000174. The SMILES string of the molecule is C1CCC([PH+](C2CCCCC2)C2CCCCC2)CC1.C1CCC([PH+](C2CCCCC2)C2CCCCC2)CC1.COCC(=[C]=[Ru]([Cl])[Cl])[Si](C)(C)C. The van der Waals surface area contributed by atoms with Crippen LogP contribution in [-0.2, 0) is 18.3 Å². The van der Waals surface area contributed by atoms with Crippen molar-refractivity contribution in [1.29, 1.82) is 0 Å². The second-order valence-electron chi connectivity index (χ2n) is 18.4. The molecule has 6 rings (SSSR count). The summed E-state index contributed by atoms with van der Waals surface area (Å²) in [6, 6.07) is 0. The summed E-state index contributed by atoms with van der Waals surface area (Å²) in [5, 5.41) is 1.20. The Bertz CT molecular complexity index is 820. The Morgan fingerprint density at radius 2 is 0.700 bits per heavy atom. The Labute approximate surface area is 328 Å². The summed E-state index contributed by atoms with van der Waals surface area (Å²) in [6.07, 6.45) is 47.6. The summed E-state index contributed by atoms with van der Waals surface area (Å²) in [7, 11) is 11.8. The number of halogens is 2. The summed E-state index contributed by atoms with van der Waals surface area (Å²) in [4.78, 5) is 0. The maximum absolute atomic E-state index is 5.76. The summed E-state index contributed by atoms with van der Waals surface area (Å²) in [5.74, 6) is 0. The molecule has 0 heterocycles. The molecular weight excluding hydrogens is 794 g/mol. The standard InChI is InChI=1S/2C18H33P.C7H14OSi.2ClH.Ru/c2*1-4-10-16(11-5-1)19(17-12-6-2-7-13-17)18-14-8-3-9-15-18;1-7(6-8-2)9(3,4)5;;;/h2*16-18H,1-15H2;6H2,2-5H3;2*1H;/q;;;;;+2. The molecule has 7 heteroatoms. The van der Waals surface area contributed by atoms with Crippen molar-refractivity contribution in [2.75, 3.05) is 13.7 Å². The van der Waals surface area contributed by atoms with Gasteiger partial charge < -0.3 is 0 Å². The third-order valence-corrected chi connectivity index (χ3v) is 27.1. The molecule has 0 aromatic heterocycles. The van der Waals surface area contributed by atoms with Crippen LogP contribution in [0, 0.1) is 0 Å². The molecule has 0 saturated heterocycles. The zero-order valence-electron chi connectivity index (χ0n) is 33.4. The molecule has 6 aliphatic rings. The fourth-order valence-electron chi connectivity index (χ4n) is 11.2. The van der Waals surface area contributed by atoms with E-state index in [0.717, 1.165) is 0 Å². The van der Waals surface area contributed by atoms with Crippen molar-refractivity contribution in [1.82, 2.24) is 0 Å². The van der Waals surface area contributed by atoms with Gasteiger partial charge in [-0.15, -0.1) is 0 Å². The zero-order chi connectivity index (χ0) is 35.6. The summed E-state index contributed by atoms with van der Waals surface area (Å²) in [5.41, 5.74) is 7.36. The van der Waals surface area contributed by atoms with Crippen LogP contribution in [-0.4, -0.2) is 60.0 Å². The van der Waals surface area contributed by atoms with Crippen LogP contribution in [0.25, 0.3) is 0 Å². The van der Waals surface area contributed by atoms with Gasteiger partial charge in [0, 0.05) is 15.8 Å². The summed E-state index contributed by atoms with van der Waals surface area (Å²) >= 11 is -1.79. The molecule has 0 aromatic rings. The third-order valence-electron chi connectivity index (χ3n) is 13.8. The van der Waals surface area contributed by atoms with Crippen LogP contribution < -0.4 is 0 Å². The van der Waals surface area contributed by atoms with Gasteiger partial charge in [-0.3, -0.25) is 0 Å². The minimum atomic E-state index is -1.79. The van der Waals surface area contributed by atoms with Gasteiger partial charge in [-0.1, -0.05) is 38.5 Å². The molecule has 0 bridgehead atoms. The van der Waals surface area contributed by atoms with Gasteiger partial charge in [0.2, 0.25) is 0 Å². The molecule has 6 aliphatic carbocycles. The molecule has 0 aliphatic heterocycles. The van der Waals surface area contributed by atoms with Gasteiger partial charge in [0.05, 0.1) is 34.0 Å². The van der Waals surface area contributed by atoms with E-state index in [1.807, 2.05) is 0 Å². The third kappa shape index (κ3) is 15.8. The number of methoxy groups -OCH3 is 1. The number of hydrogen-bond acceptors (Lipinski definition) is 1. The van der Waals surface area contributed by atoms with Crippen molar-refractivity contribution >= 4 is 47.6 Å². The van der Waals surface area contributed by atoms with E-state index >= 15 is 0 Å². The van der Waals surface area contributed by atoms with Gasteiger partial charge in [0.15, 0.2) is 0 Å². The Kier molecular flexibility index (Phi) is 22.5. The van der Waals surface area contributed by atoms with E-state index in [1.165, 1.54) is 39.2 Å². The van der Waals surface area contributed by atoms with Crippen LogP contribution in [0.5, 0.6) is 0 Å². The molecule has 0 unspecified atom stereocenters. The van der Waals surface area contributed by atoms with Crippen molar-refractivity contribution in [2.45, 2.75) is 246 Å². The number of hydrogen-bond donors (Lipinski definition) is 0. The molecule has 6 saturated carbocycles. The van der Waals surface area contributed by atoms with Gasteiger partial charge in [-0.2, -0.15) is 0 Å². The second-order valence-corrected chi connectivity index (χ2v) is 35.8. The van der Waals surface area contributed by atoms with Crippen LogP contribution in [0.15, 0.2) is 5.20 Å². The topological polar surface area (TPSA) is 9.23 Å².